The van der Waals surface area contributed by atoms with Gasteiger partial charge in [-0.2, -0.15) is 11.8 Å². The number of fused-ring (bicyclic) bond motifs is 1. The molecule has 39 heavy (non-hydrogen) atoms. The fourth-order valence-electron chi connectivity index (χ4n) is 4.46. The van der Waals surface area contributed by atoms with Crippen LogP contribution in [0.4, 0.5) is 0 Å². The van der Waals surface area contributed by atoms with Gasteiger partial charge in [-0.1, -0.05) is 49.9 Å². The quantitative estimate of drug-likeness (QED) is 0.258. The van der Waals surface area contributed by atoms with E-state index < -0.39 is 30.0 Å². The molecule has 0 spiro atoms. The van der Waals surface area contributed by atoms with Crippen LogP contribution in [0.2, 0.25) is 0 Å². The van der Waals surface area contributed by atoms with Crippen molar-refractivity contribution < 1.29 is 29.1 Å². The number of rotatable bonds is 14. The minimum atomic E-state index is -1.11. The molecular formula is C27H40N4O6S2. The maximum absolute atomic E-state index is 14.0. The third kappa shape index (κ3) is 10.2. The second kappa shape index (κ2) is 15.9. The highest BCUT2D eigenvalue weighted by molar-refractivity contribution is 8.13. The van der Waals surface area contributed by atoms with Crippen LogP contribution in [0.15, 0.2) is 24.3 Å². The predicted octanol–water partition coefficient (Wildman–Crippen LogP) is 1.66. The van der Waals surface area contributed by atoms with Crippen molar-refractivity contribution in [1.82, 2.24) is 20.9 Å². The first-order valence-electron chi connectivity index (χ1n) is 13.0. The summed E-state index contributed by atoms with van der Waals surface area (Å²) >= 11 is 2.59. The number of hydrogen-bond acceptors (Lipinski definition) is 8. The molecule has 2 rings (SSSR count). The molecule has 1 heterocycles. The highest BCUT2D eigenvalue weighted by Gasteiger charge is 2.39. The number of nitrogens with zero attached hydrogens (tertiary/aromatic N) is 1. The van der Waals surface area contributed by atoms with Crippen LogP contribution in [0, 0.1) is 5.92 Å². The molecule has 0 saturated carbocycles. The van der Waals surface area contributed by atoms with Gasteiger partial charge in [0.2, 0.25) is 17.7 Å². The molecule has 1 unspecified atom stereocenters. The summed E-state index contributed by atoms with van der Waals surface area (Å²) in [6.07, 6.45) is 2.42. The van der Waals surface area contributed by atoms with E-state index in [1.807, 2.05) is 44.4 Å². The molecule has 4 N–H and O–H groups in total. The lowest BCUT2D eigenvalue weighted by Gasteiger charge is -2.39. The zero-order valence-corrected chi connectivity index (χ0v) is 24.8. The molecule has 1 aliphatic rings. The SMILES string of the molecule is CSCC[C@H](NC(=O)[C@H]1Cc2ccccc2CN1C(=O)[C@@H](NCC(CSC(C)=O)NC(C)=O)C(C)C)C(=O)O. The van der Waals surface area contributed by atoms with E-state index in [2.05, 4.69) is 16.0 Å². The summed E-state index contributed by atoms with van der Waals surface area (Å²) in [6.45, 7) is 7.11. The Morgan fingerprint density at radius 1 is 1.08 bits per heavy atom. The number of carbonyl (C=O) groups is 5. The molecule has 1 aromatic carbocycles. The van der Waals surface area contributed by atoms with Gasteiger partial charge in [0.1, 0.15) is 12.1 Å². The number of carboxylic acids is 1. The Morgan fingerprint density at radius 2 is 1.74 bits per heavy atom. The number of hydrogen-bond donors (Lipinski definition) is 4. The Balaban J connectivity index is 2.29. The van der Waals surface area contributed by atoms with Crippen LogP contribution in [-0.2, 0) is 36.9 Å². The van der Waals surface area contributed by atoms with Gasteiger partial charge in [0.05, 0.1) is 12.1 Å². The van der Waals surface area contributed by atoms with Gasteiger partial charge in [-0.15, -0.1) is 0 Å². The van der Waals surface area contributed by atoms with Crippen LogP contribution in [0.3, 0.4) is 0 Å². The van der Waals surface area contributed by atoms with Gasteiger partial charge in [0.15, 0.2) is 5.12 Å². The standard InChI is InChI=1S/C27H40N4O6S2/c1-16(2)24(28-13-21(29-17(3)32)15-39-18(4)33)26(35)31-14-20-9-7-6-8-19(20)12-23(31)25(34)30-22(27(36)37)10-11-38-5/h6-9,16,21-24,28H,10-15H2,1-5H3,(H,29,32)(H,30,34)(H,36,37)/t21?,22-,23+,24-/m0/s1. The Kier molecular flexibility index (Phi) is 13.3. The molecule has 1 aliphatic heterocycles. The van der Waals surface area contributed by atoms with Gasteiger partial charge in [-0.25, -0.2) is 4.79 Å². The summed E-state index contributed by atoms with van der Waals surface area (Å²) in [4.78, 5) is 63.9. The number of benzene rings is 1. The molecule has 1 aromatic rings. The lowest BCUT2D eigenvalue weighted by Crippen LogP contribution is -2.60. The van der Waals surface area contributed by atoms with Crippen molar-refractivity contribution in [3.05, 3.63) is 35.4 Å². The van der Waals surface area contributed by atoms with Gasteiger partial charge >= 0.3 is 5.97 Å². The molecule has 3 amide bonds. The molecule has 0 radical (unpaired) electrons. The number of aliphatic carboxylic acids is 1. The first-order valence-corrected chi connectivity index (χ1v) is 15.4. The summed E-state index contributed by atoms with van der Waals surface area (Å²) in [5, 5.41) is 18.3. The fourth-order valence-corrected chi connectivity index (χ4v) is 5.57. The topological polar surface area (TPSA) is 145 Å². The van der Waals surface area contributed by atoms with Crippen molar-refractivity contribution in [2.45, 2.75) is 71.2 Å². The third-order valence-corrected chi connectivity index (χ3v) is 8.09. The predicted molar refractivity (Wildman–Crippen MR) is 154 cm³/mol. The van der Waals surface area contributed by atoms with E-state index >= 15 is 0 Å². The molecule has 0 bridgehead atoms. The van der Waals surface area contributed by atoms with E-state index in [0.29, 0.717) is 11.5 Å². The van der Waals surface area contributed by atoms with Crippen LogP contribution < -0.4 is 16.0 Å². The normalized spacial score (nSPS) is 17.1. The Bertz CT molecular complexity index is 1040. The zero-order valence-electron chi connectivity index (χ0n) is 23.2. The molecular weight excluding hydrogens is 540 g/mol. The maximum Gasteiger partial charge on any atom is 0.326 e. The average Bonchev–Trinajstić information content (AvgIpc) is 2.87. The van der Waals surface area contributed by atoms with E-state index in [9.17, 15) is 29.1 Å². The second-order valence-corrected chi connectivity index (χ2v) is 12.1. The fraction of sp³-hybridized carbons (Fsp3) is 0.593. The molecule has 216 valence electrons. The summed E-state index contributed by atoms with van der Waals surface area (Å²) < 4.78 is 0. The molecule has 12 heteroatoms. The van der Waals surface area contributed by atoms with Gasteiger partial charge in [0, 0.05) is 39.1 Å². The van der Waals surface area contributed by atoms with Crippen molar-refractivity contribution in [3.8, 4) is 0 Å². The van der Waals surface area contributed by atoms with Crippen molar-refractivity contribution >= 4 is 52.3 Å². The third-order valence-electron chi connectivity index (χ3n) is 6.47. The van der Waals surface area contributed by atoms with Crippen molar-refractivity contribution in [2.24, 2.45) is 5.92 Å². The van der Waals surface area contributed by atoms with E-state index in [1.165, 1.54) is 30.5 Å². The number of amides is 3. The van der Waals surface area contributed by atoms with E-state index in [0.717, 1.165) is 22.9 Å². The summed E-state index contributed by atoms with van der Waals surface area (Å²) in [5.74, 6) is -1.35. The number of nitrogens with one attached hydrogen (secondary N) is 3. The van der Waals surface area contributed by atoms with E-state index in [-0.39, 0.29) is 54.8 Å². The molecule has 10 nitrogen and oxygen atoms in total. The zero-order chi connectivity index (χ0) is 29.1. The van der Waals surface area contributed by atoms with Gasteiger partial charge < -0.3 is 26.0 Å². The number of thioether (sulfide) groups is 2. The molecule has 0 fully saturated rings. The first kappa shape index (κ1) is 32.6. The van der Waals surface area contributed by atoms with Crippen LogP contribution in [0.1, 0.15) is 45.2 Å². The van der Waals surface area contributed by atoms with Gasteiger partial charge in [-0.3, -0.25) is 19.2 Å². The Morgan fingerprint density at radius 3 is 2.31 bits per heavy atom. The second-order valence-electron chi connectivity index (χ2n) is 9.97. The van der Waals surface area contributed by atoms with Crippen molar-refractivity contribution in [1.29, 1.82) is 0 Å². The lowest BCUT2D eigenvalue weighted by atomic mass is 9.91. The Labute approximate surface area is 238 Å². The smallest absolute Gasteiger partial charge is 0.326 e. The summed E-state index contributed by atoms with van der Waals surface area (Å²) in [5.41, 5.74) is 1.88. The van der Waals surface area contributed by atoms with Crippen molar-refractivity contribution in [2.75, 3.05) is 24.3 Å². The largest absolute Gasteiger partial charge is 0.480 e. The maximum atomic E-state index is 14.0. The first-order chi connectivity index (χ1) is 18.4. The van der Waals surface area contributed by atoms with Crippen LogP contribution >= 0.6 is 23.5 Å². The minimum absolute atomic E-state index is 0.0696. The number of carboxylic acid groups (broad SMARTS) is 1. The van der Waals surface area contributed by atoms with Crippen LogP contribution in [-0.4, -0.2) is 87.3 Å². The molecule has 0 saturated heterocycles. The van der Waals surface area contributed by atoms with Gasteiger partial charge in [0.25, 0.3) is 0 Å². The van der Waals surface area contributed by atoms with Crippen LogP contribution in [0.5, 0.6) is 0 Å². The highest BCUT2D eigenvalue weighted by Crippen LogP contribution is 2.25. The summed E-state index contributed by atoms with van der Waals surface area (Å²) in [6, 6.07) is 4.64. The average molecular weight is 581 g/mol. The Hall–Kier alpha value is -2.57. The minimum Gasteiger partial charge on any atom is -0.480 e. The lowest BCUT2D eigenvalue weighted by molar-refractivity contribution is -0.146. The van der Waals surface area contributed by atoms with E-state index in [1.54, 1.807) is 0 Å². The highest BCUT2D eigenvalue weighted by atomic mass is 32.2. The number of carbonyl (C=O) groups excluding carboxylic acids is 4. The van der Waals surface area contributed by atoms with Gasteiger partial charge in [-0.05, 0) is 35.5 Å². The van der Waals surface area contributed by atoms with Crippen LogP contribution in [0.25, 0.3) is 0 Å². The van der Waals surface area contributed by atoms with E-state index in [4.69, 9.17) is 0 Å². The molecule has 4 atom stereocenters. The van der Waals surface area contributed by atoms with Crippen molar-refractivity contribution in [3.63, 3.8) is 0 Å². The molecule has 0 aliphatic carbocycles. The monoisotopic (exact) mass is 580 g/mol. The summed E-state index contributed by atoms with van der Waals surface area (Å²) in [7, 11) is 0. The molecule has 0 aromatic heterocycles.